The van der Waals surface area contributed by atoms with Crippen LogP contribution in [0.3, 0.4) is 0 Å². The van der Waals surface area contributed by atoms with Crippen LogP contribution in [0.2, 0.25) is 0 Å². The summed E-state index contributed by atoms with van der Waals surface area (Å²) in [5.41, 5.74) is 7.12. The van der Waals surface area contributed by atoms with Crippen LogP contribution < -0.4 is 16.4 Å². The van der Waals surface area contributed by atoms with E-state index in [1.807, 2.05) is 18.2 Å². The number of nitrogens with two attached hydrogens (primary N) is 1. The summed E-state index contributed by atoms with van der Waals surface area (Å²) < 4.78 is 1.43. The van der Waals surface area contributed by atoms with Crippen molar-refractivity contribution in [2.45, 2.75) is 12.6 Å². The number of carbonyl (C=O) groups is 2. The predicted molar refractivity (Wildman–Crippen MR) is 78.3 cm³/mol. The van der Waals surface area contributed by atoms with Crippen LogP contribution >= 0.6 is 0 Å². The number of likely N-dealkylation sites (N-methyl/N-ethyl adjacent to an activating group) is 1. The van der Waals surface area contributed by atoms with Gasteiger partial charge in [0.15, 0.2) is 0 Å². The number of aromatic nitrogens is 2. The molecule has 1 heterocycles. The summed E-state index contributed by atoms with van der Waals surface area (Å²) in [6.45, 7) is 0.0944. The van der Waals surface area contributed by atoms with Gasteiger partial charge < -0.3 is 16.4 Å². The minimum Gasteiger partial charge on any atom is -0.358 e. The number of amides is 2. The van der Waals surface area contributed by atoms with Crippen LogP contribution in [0.15, 0.2) is 42.7 Å². The molecule has 0 spiro atoms. The molecule has 0 radical (unpaired) electrons. The van der Waals surface area contributed by atoms with Crippen molar-refractivity contribution >= 4 is 17.5 Å². The molecule has 0 bridgehead atoms. The van der Waals surface area contributed by atoms with E-state index in [1.54, 1.807) is 25.4 Å². The first-order chi connectivity index (χ1) is 10.1. The monoisotopic (exact) mass is 287 g/mol. The second kappa shape index (κ2) is 6.67. The standard InChI is InChI=1S/C14H17N5O2/c1-16-12(20)9-19-8-11(7-17-19)18-14(21)13(15)10-5-3-2-4-6-10/h2-8,13H,9,15H2,1H3,(H,16,20)(H,18,21)/t13-/m1/s1. The predicted octanol–water partition coefficient (Wildman–Crippen LogP) is 0.268. The quantitative estimate of drug-likeness (QED) is 0.734. The molecule has 1 aromatic heterocycles. The first-order valence-corrected chi connectivity index (χ1v) is 6.44. The van der Waals surface area contributed by atoms with Gasteiger partial charge in [-0.25, -0.2) is 0 Å². The Morgan fingerprint density at radius 1 is 1.33 bits per heavy atom. The maximum Gasteiger partial charge on any atom is 0.245 e. The van der Waals surface area contributed by atoms with Crippen LogP contribution in [0.4, 0.5) is 5.69 Å². The molecule has 110 valence electrons. The largest absolute Gasteiger partial charge is 0.358 e. The number of nitrogens with one attached hydrogen (secondary N) is 2. The van der Waals surface area contributed by atoms with Crippen LogP contribution in [0.25, 0.3) is 0 Å². The summed E-state index contributed by atoms with van der Waals surface area (Å²) in [5.74, 6) is -0.502. The second-order valence-electron chi connectivity index (χ2n) is 4.48. The summed E-state index contributed by atoms with van der Waals surface area (Å²) in [4.78, 5) is 23.3. The highest BCUT2D eigenvalue weighted by Crippen LogP contribution is 2.13. The minimum absolute atomic E-state index is 0.0944. The molecule has 2 aromatic rings. The van der Waals surface area contributed by atoms with Crippen molar-refractivity contribution in [3.8, 4) is 0 Å². The molecule has 1 atom stereocenters. The Morgan fingerprint density at radius 2 is 2.05 bits per heavy atom. The lowest BCUT2D eigenvalue weighted by atomic mass is 10.1. The molecule has 0 aliphatic rings. The molecule has 0 saturated carbocycles. The molecule has 2 amide bonds. The number of carbonyl (C=O) groups excluding carboxylic acids is 2. The molecule has 0 aliphatic carbocycles. The smallest absolute Gasteiger partial charge is 0.245 e. The van der Waals surface area contributed by atoms with Crippen molar-refractivity contribution in [2.75, 3.05) is 12.4 Å². The maximum absolute atomic E-state index is 12.0. The first kappa shape index (κ1) is 14.7. The zero-order valence-electron chi connectivity index (χ0n) is 11.6. The normalized spacial score (nSPS) is 11.7. The SMILES string of the molecule is CNC(=O)Cn1cc(NC(=O)[C@H](N)c2ccccc2)cn1. The molecule has 4 N–H and O–H groups in total. The summed E-state index contributed by atoms with van der Waals surface area (Å²) in [5, 5.41) is 9.16. The topological polar surface area (TPSA) is 102 Å². The van der Waals surface area contributed by atoms with Gasteiger partial charge in [-0.1, -0.05) is 30.3 Å². The Morgan fingerprint density at radius 3 is 2.71 bits per heavy atom. The van der Waals surface area contributed by atoms with Crippen molar-refractivity contribution < 1.29 is 9.59 Å². The zero-order chi connectivity index (χ0) is 15.2. The number of hydrogen-bond acceptors (Lipinski definition) is 4. The van der Waals surface area contributed by atoms with E-state index in [2.05, 4.69) is 15.7 Å². The Bertz CT molecular complexity index is 623. The van der Waals surface area contributed by atoms with Crippen molar-refractivity contribution in [2.24, 2.45) is 5.73 Å². The van der Waals surface area contributed by atoms with E-state index in [-0.39, 0.29) is 18.4 Å². The highest BCUT2D eigenvalue weighted by atomic mass is 16.2. The molecular formula is C14H17N5O2. The summed E-state index contributed by atoms with van der Waals surface area (Å²) in [6.07, 6.45) is 3.05. The molecule has 0 fully saturated rings. The fourth-order valence-corrected chi connectivity index (χ4v) is 1.77. The van der Waals surface area contributed by atoms with Crippen LogP contribution in [0, 0.1) is 0 Å². The first-order valence-electron chi connectivity index (χ1n) is 6.44. The number of rotatable bonds is 5. The molecule has 21 heavy (non-hydrogen) atoms. The van der Waals surface area contributed by atoms with E-state index >= 15 is 0 Å². The molecule has 7 heteroatoms. The highest BCUT2D eigenvalue weighted by Gasteiger charge is 2.16. The lowest BCUT2D eigenvalue weighted by Crippen LogP contribution is -2.27. The van der Waals surface area contributed by atoms with Crippen molar-refractivity contribution in [3.05, 3.63) is 48.3 Å². The van der Waals surface area contributed by atoms with Crippen LogP contribution in [0.1, 0.15) is 11.6 Å². The number of benzene rings is 1. The average Bonchev–Trinajstić information content (AvgIpc) is 2.94. The van der Waals surface area contributed by atoms with E-state index < -0.39 is 6.04 Å². The Balaban J connectivity index is 1.98. The van der Waals surface area contributed by atoms with Crippen molar-refractivity contribution in [1.29, 1.82) is 0 Å². The van der Waals surface area contributed by atoms with E-state index in [9.17, 15) is 9.59 Å². The molecule has 2 rings (SSSR count). The van der Waals surface area contributed by atoms with E-state index in [0.717, 1.165) is 5.56 Å². The molecule has 1 aromatic carbocycles. The Kier molecular flexibility index (Phi) is 4.68. The van der Waals surface area contributed by atoms with Gasteiger partial charge >= 0.3 is 0 Å². The molecular weight excluding hydrogens is 270 g/mol. The lowest BCUT2D eigenvalue weighted by molar-refractivity contribution is -0.121. The maximum atomic E-state index is 12.0. The summed E-state index contributed by atoms with van der Waals surface area (Å²) in [6, 6.07) is 8.33. The zero-order valence-corrected chi connectivity index (χ0v) is 11.6. The van der Waals surface area contributed by atoms with Crippen LogP contribution in [-0.4, -0.2) is 28.6 Å². The fourth-order valence-electron chi connectivity index (χ4n) is 1.77. The van der Waals surface area contributed by atoms with Gasteiger partial charge in [0.05, 0.1) is 11.9 Å². The van der Waals surface area contributed by atoms with Crippen LogP contribution in [-0.2, 0) is 16.1 Å². The minimum atomic E-state index is -0.756. The number of hydrogen-bond donors (Lipinski definition) is 3. The number of anilines is 1. The van der Waals surface area contributed by atoms with Gasteiger partial charge in [-0.2, -0.15) is 5.10 Å². The van der Waals surface area contributed by atoms with Crippen LogP contribution in [0.5, 0.6) is 0 Å². The average molecular weight is 287 g/mol. The lowest BCUT2D eigenvalue weighted by Gasteiger charge is -2.11. The fraction of sp³-hybridized carbons (Fsp3) is 0.214. The van der Waals surface area contributed by atoms with Gasteiger partial charge in [0.25, 0.3) is 0 Å². The number of nitrogens with zero attached hydrogens (tertiary/aromatic N) is 2. The Hall–Kier alpha value is -2.67. The van der Waals surface area contributed by atoms with Crippen molar-refractivity contribution in [1.82, 2.24) is 15.1 Å². The third-order valence-corrected chi connectivity index (χ3v) is 2.93. The van der Waals surface area contributed by atoms with Gasteiger partial charge in [-0.3, -0.25) is 14.3 Å². The third kappa shape index (κ3) is 3.90. The third-order valence-electron chi connectivity index (χ3n) is 2.93. The van der Waals surface area contributed by atoms with Gasteiger partial charge in [0.1, 0.15) is 12.6 Å². The van der Waals surface area contributed by atoms with E-state index in [1.165, 1.54) is 10.9 Å². The van der Waals surface area contributed by atoms with Crippen molar-refractivity contribution in [3.63, 3.8) is 0 Å². The molecule has 0 aliphatic heterocycles. The van der Waals surface area contributed by atoms with E-state index in [0.29, 0.717) is 5.69 Å². The molecule has 7 nitrogen and oxygen atoms in total. The summed E-state index contributed by atoms with van der Waals surface area (Å²) in [7, 11) is 1.55. The molecule has 0 saturated heterocycles. The van der Waals surface area contributed by atoms with Gasteiger partial charge in [0.2, 0.25) is 11.8 Å². The summed E-state index contributed by atoms with van der Waals surface area (Å²) >= 11 is 0. The van der Waals surface area contributed by atoms with Gasteiger partial charge in [0, 0.05) is 13.2 Å². The highest BCUT2D eigenvalue weighted by molar-refractivity contribution is 5.95. The van der Waals surface area contributed by atoms with Gasteiger partial charge in [-0.05, 0) is 5.56 Å². The molecule has 0 unspecified atom stereocenters. The van der Waals surface area contributed by atoms with E-state index in [4.69, 9.17) is 5.73 Å². The Labute approximate surface area is 122 Å². The second-order valence-corrected chi connectivity index (χ2v) is 4.48. The van der Waals surface area contributed by atoms with Gasteiger partial charge in [-0.15, -0.1) is 0 Å².